The molecule has 0 aromatic heterocycles. The molecular formula is C18H20O2. The van der Waals surface area contributed by atoms with Crippen molar-refractivity contribution in [3.8, 4) is 5.75 Å². The highest BCUT2D eigenvalue weighted by molar-refractivity contribution is 5.73. The summed E-state index contributed by atoms with van der Waals surface area (Å²) in [6.07, 6.45) is 1.11. The van der Waals surface area contributed by atoms with Crippen LogP contribution >= 0.6 is 0 Å². The second-order valence-corrected chi connectivity index (χ2v) is 5.11. The molecule has 20 heavy (non-hydrogen) atoms. The number of benzene rings is 2. The van der Waals surface area contributed by atoms with Gasteiger partial charge in [0.05, 0.1) is 0 Å². The van der Waals surface area contributed by atoms with Gasteiger partial charge >= 0.3 is 5.97 Å². The van der Waals surface area contributed by atoms with E-state index in [1.54, 1.807) is 0 Å². The summed E-state index contributed by atoms with van der Waals surface area (Å²) in [7, 11) is 0. The molecule has 104 valence electrons. The number of rotatable bonds is 4. The Kier molecular flexibility index (Phi) is 4.57. The van der Waals surface area contributed by atoms with Crippen molar-refractivity contribution in [3.05, 3.63) is 64.7 Å². The Hall–Kier alpha value is -2.09. The summed E-state index contributed by atoms with van der Waals surface area (Å²) in [6, 6.07) is 14.0. The SMILES string of the molecule is Cc1ccc(C)c(OC(=O)CCc2ccccc2)c1C. The Morgan fingerprint density at radius 1 is 0.950 bits per heavy atom. The molecule has 0 aliphatic rings. The monoisotopic (exact) mass is 268 g/mol. The molecule has 0 heterocycles. The van der Waals surface area contributed by atoms with Crippen molar-refractivity contribution in [2.45, 2.75) is 33.6 Å². The van der Waals surface area contributed by atoms with Crippen LogP contribution in [0, 0.1) is 20.8 Å². The number of esters is 1. The number of aryl methyl sites for hydroxylation is 3. The first-order chi connectivity index (χ1) is 9.58. The first-order valence-corrected chi connectivity index (χ1v) is 6.89. The molecule has 0 fully saturated rings. The number of hydrogen-bond acceptors (Lipinski definition) is 2. The summed E-state index contributed by atoms with van der Waals surface area (Å²) < 4.78 is 5.54. The summed E-state index contributed by atoms with van der Waals surface area (Å²) in [5, 5.41) is 0. The molecule has 2 nitrogen and oxygen atoms in total. The van der Waals surface area contributed by atoms with Crippen molar-refractivity contribution in [2.75, 3.05) is 0 Å². The average Bonchev–Trinajstić information content (AvgIpc) is 2.46. The van der Waals surface area contributed by atoms with Gasteiger partial charge in [-0.3, -0.25) is 4.79 Å². The Labute approximate surface area is 120 Å². The van der Waals surface area contributed by atoms with E-state index >= 15 is 0 Å². The Balaban J connectivity index is 2.00. The highest BCUT2D eigenvalue weighted by Crippen LogP contribution is 2.26. The van der Waals surface area contributed by atoms with Gasteiger partial charge in [0.2, 0.25) is 0 Å². The molecule has 2 rings (SSSR count). The van der Waals surface area contributed by atoms with E-state index in [1.165, 1.54) is 0 Å². The molecule has 0 bridgehead atoms. The molecule has 0 N–H and O–H groups in total. The highest BCUT2D eigenvalue weighted by Gasteiger charge is 2.11. The van der Waals surface area contributed by atoms with Crippen LogP contribution in [0.3, 0.4) is 0 Å². The predicted molar refractivity (Wildman–Crippen MR) is 81.1 cm³/mol. The largest absolute Gasteiger partial charge is 0.426 e. The van der Waals surface area contributed by atoms with E-state index in [2.05, 4.69) is 0 Å². The molecule has 0 aliphatic carbocycles. The van der Waals surface area contributed by atoms with Crippen LogP contribution in [-0.4, -0.2) is 5.97 Å². The van der Waals surface area contributed by atoms with E-state index < -0.39 is 0 Å². The third-order valence-electron chi connectivity index (χ3n) is 3.55. The minimum Gasteiger partial charge on any atom is -0.426 e. The Morgan fingerprint density at radius 2 is 1.60 bits per heavy atom. The first kappa shape index (κ1) is 14.3. The van der Waals surface area contributed by atoms with Crippen molar-refractivity contribution in [3.63, 3.8) is 0 Å². The zero-order valence-electron chi connectivity index (χ0n) is 12.3. The second-order valence-electron chi connectivity index (χ2n) is 5.11. The van der Waals surface area contributed by atoms with Gasteiger partial charge in [-0.05, 0) is 49.4 Å². The highest BCUT2D eigenvalue weighted by atomic mass is 16.5. The summed E-state index contributed by atoms with van der Waals surface area (Å²) >= 11 is 0. The molecular weight excluding hydrogens is 248 g/mol. The molecule has 0 unspecified atom stereocenters. The molecule has 0 spiro atoms. The van der Waals surface area contributed by atoms with Gasteiger partial charge in [0.1, 0.15) is 5.75 Å². The zero-order valence-corrected chi connectivity index (χ0v) is 12.3. The average molecular weight is 268 g/mol. The first-order valence-electron chi connectivity index (χ1n) is 6.89. The third-order valence-corrected chi connectivity index (χ3v) is 3.55. The second kappa shape index (κ2) is 6.38. The smallest absolute Gasteiger partial charge is 0.311 e. The maximum absolute atomic E-state index is 12.0. The number of ether oxygens (including phenoxy) is 1. The number of carbonyl (C=O) groups is 1. The molecule has 0 radical (unpaired) electrons. The van der Waals surface area contributed by atoms with Crippen LogP contribution in [-0.2, 0) is 11.2 Å². The van der Waals surface area contributed by atoms with Crippen LogP contribution in [0.5, 0.6) is 5.75 Å². The van der Waals surface area contributed by atoms with Crippen molar-refractivity contribution >= 4 is 5.97 Å². The summed E-state index contributed by atoms with van der Waals surface area (Å²) in [5.74, 6) is 0.536. The lowest BCUT2D eigenvalue weighted by Crippen LogP contribution is -2.11. The molecule has 0 amide bonds. The molecule has 2 aromatic carbocycles. The lowest BCUT2D eigenvalue weighted by Gasteiger charge is -2.12. The number of carbonyl (C=O) groups excluding carboxylic acids is 1. The van der Waals surface area contributed by atoms with E-state index in [1.807, 2.05) is 63.2 Å². The molecule has 0 saturated carbocycles. The summed E-state index contributed by atoms with van der Waals surface area (Å²) in [5.41, 5.74) is 4.34. The number of hydrogen-bond donors (Lipinski definition) is 0. The van der Waals surface area contributed by atoms with Gasteiger partial charge in [0.25, 0.3) is 0 Å². The van der Waals surface area contributed by atoms with Crippen LogP contribution in [0.4, 0.5) is 0 Å². The maximum atomic E-state index is 12.0. The van der Waals surface area contributed by atoms with Gasteiger partial charge in [-0.2, -0.15) is 0 Å². The van der Waals surface area contributed by atoms with Crippen LogP contribution in [0.1, 0.15) is 28.7 Å². The molecule has 2 aromatic rings. The van der Waals surface area contributed by atoms with E-state index in [0.717, 1.165) is 22.3 Å². The molecule has 0 saturated heterocycles. The molecule has 0 aliphatic heterocycles. The summed E-state index contributed by atoms with van der Waals surface area (Å²) in [4.78, 5) is 12.0. The van der Waals surface area contributed by atoms with Crippen LogP contribution in [0.25, 0.3) is 0 Å². The van der Waals surface area contributed by atoms with Gasteiger partial charge < -0.3 is 4.74 Å². The van der Waals surface area contributed by atoms with E-state index in [-0.39, 0.29) is 5.97 Å². The normalized spacial score (nSPS) is 10.3. The quantitative estimate of drug-likeness (QED) is 0.615. The van der Waals surface area contributed by atoms with Crippen molar-refractivity contribution in [1.29, 1.82) is 0 Å². The van der Waals surface area contributed by atoms with Gasteiger partial charge in [0.15, 0.2) is 0 Å². The van der Waals surface area contributed by atoms with Gasteiger partial charge in [-0.1, -0.05) is 42.5 Å². The van der Waals surface area contributed by atoms with Crippen molar-refractivity contribution in [2.24, 2.45) is 0 Å². The molecule has 0 atom stereocenters. The minimum absolute atomic E-state index is 0.175. The fourth-order valence-corrected chi connectivity index (χ4v) is 2.14. The van der Waals surface area contributed by atoms with Crippen LogP contribution in [0.15, 0.2) is 42.5 Å². The van der Waals surface area contributed by atoms with Gasteiger partial charge in [0, 0.05) is 6.42 Å². The van der Waals surface area contributed by atoms with Crippen LogP contribution < -0.4 is 4.74 Å². The van der Waals surface area contributed by atoms with Crippen molar-refractivity contribution < 1.29 is 9.53 Å². The van der Waals surface area contributed by atoms with E-state index in [9.17, 15) is 4.79 Å². The fourth-order valence-electron chi connectivity index (χ4n) is 2.14. The standard InChI is InChI=1S/C18H20O2/c1-13-9-10-14(2)18(15(13)3)20-17(19)12-11-16-7-5-4-6-8-16/h4-10H,11-12H2,1-3H3. The lowest BCUT2D eigenvalue weighted by atomic mass is 10.1. The fraction of sp³-hybridized carbons (Fsp3) is 0.278. The Morgan fingerprint density at radius 3 is 2.30 bits per heavy atom. The predicted octanol–water partition coefficient (Wildman–Crippen LogP) is 4.15. The zero-order chi connectivity index (χ0) is 14.5. The Bertz CT molecular complexity index is 600. The third kappa shape index (κ3) is 3.47. The summed E-state index contributed by atoms with van der Waals surface area (Å²) in [6.45, 7) is 5.98. The lowest BCUT2D eigenvalue weighted by molar-refractivity contribution is -0.134. The topological polar surface area (TPSA) is 26.3 Å². The minimum atomic E-state index is -0.175. The van der Waals surface area contributed by atoms with Crippen molar-refractivity contribution in [1.82, 2.24) is 0 Å². The van der Waals surface area contributed by atoms with Crippen LogP contribution in [0.2, 0.25) is 0 Å². The van der Waals surface area contributed by atoms with E-state index in [0.29, 0.717) is 18.6 Å². The van der Waals surface area contributed by atoms with Gasteiger partial charge in [-0.15, -0.1) is 0 Å². The van der Waals surface area contributed by atoms with Gasteiger partial charge in [-0.25, -0.2) is 0 Å². The van der Waals surface area contributed by atoms with E-state index in [4.69, 9.17) is 4.74 Å². The molecule has 2 heteroatoms. The maximum Gasteiger partial charge on any atom is 0.311 e.